The van der Waals surface area contributed by atoms with E-state index in [1.54, 1.807) is 30.3 Å². The van der Waals surface area contributed by atoms with Gasteiger partial charge >= 0.3 is 5.97 Å². The third kappa shape index (κ3) is 3.68. The molecule has 0 aliphatic carbocycles. The Hall–Kier alpha value is -2.62. The second-order valence-corrected chi connectivity index (χ2v) is 4.37. The quantitative estimate of drug-likeness (QED) is 0.877. The number of carbonyl (C=O) groups is 2. The lowest BCUT2D eigenvalue weighted by atomic mass is 10.1. The lowest BCUT2D eigenvalue weighted by Gasteiger charge is -2.10. The van der Waals surface area contributed by atoms with Gasteiger partial charge in [0.25, 0.3) is 5.91 Å². The molecule has 1 amide bonds. The molecule has 0 aromatic heterocycles. The number of anilines is 1. The summed E-state index contributed by atoms with van der Waals surface area (Å²) in [5.41, 5.74) is 2.04. The molecule has 0 saturated heterocycles. The van der Waals surface area contributed by atoms with Crippen molar-refractivity contribution in [1.29, 1.82) is 0 Å². The van der Waals surface area contributed by atoms with Crippen molar-refractivity contribution in [2.75, 3.05) is 5.32 Å². The fourth-order valence-electron chi connectivity index (χ4n) is 1.89. The van der Waals surface area contributed by atoms with E-state index in [0.717, 1.165) is 5.56 Å². The molecule has 0 unspecified atom stereocenters. The van der Waals surface area contributed by atoms with Crippen LogP contribution in [-0.4, -0.2) is 17.0 Å². The molecule has 4 heteroatoms. The Kier molecular flexibility index (Phi) is 4.50. The molecule has 2 rings (SSSR count). The molecule has 0 atom stereocenters. The van der Waals surface area contributed by atoms with Gasteiger partial charge in [0.15, 0.2) is 0 Å². The van der Waals surface area contributed by atoms with Crippen LogP contribution in [0.1, 0.15) is 22.3 Å². The van der Waals surface area contributed by atoms with E-state index in [-0.39, 0.29) is 12.3 Å². The van der Waals surface area contributed by atoms with E-state index in [9.17, 15) is 9.59 Å². The van der Waals surface area contributed by atoms with Crippen LogP contribution in [0.3, 0.4) is 0 Å². The third-order valence-corrected chi connectivity index (χ3v) is 2.91. The van der Waals surface area contributed by atoms with Crippen LogP contribution in [0.4, 0.5) is 5.69 Å². The highest BCUT2D eigenvalue weighted by molar-refractivity contribution is 6.04. The van der Waals surface area contributed by atoms with Crippen LogP contribution < -0.4 is 5.32 Å². The molecule has 102 valence electrons. The zero-order valence-electron chi connectivity index (χ0n) is 10.9. The summed E-state index contributed by atoms with van der Waals surface area (Å²) in [5.74, 6) is -1.05. The highest BCUT2D eigenvalue weighted by Gasteiger charge is 2.09. The number of hydrogen-bond donors (Lipinski definition) is 2. The van der Waals surface area contributed by atoms with Crippen molar-refractivity contribution < 1.29 is 14.7 Å². The normalized spacial score (nSPS) is 10.0. The Balaban J connectivity index is 2.13. The van der Waals surface area contributed by atoms with Crippen molar-refractivity contribution in [2.24, 2.45) is 0 Å². The van der Waals surface area contributed by atoms with Gasteiger partial charge in [-0.25, -0.2) is 0 Å². The average molecular weight is 269 g/mol. The van der Waals surface area contributed by atoms with Crippen LogP contribution in [0, 0.1) is 0 Å². The van der Waals surface area contributed by atoms with Gasteiger partial charge in [-0.05, 0) is 30.2 Å². The van der Waals surface area contributed by atoms with Crippen molar-refractivity contribution in [3.05, 3.63) is 65.7 Å². The summed E-state index contributed by atoms with van der Waals surface area (Å²) in [6.45, 7) is 0. The number of aryl methyl sites for hydroxylation is 1. The van der Waals surface area contributed by atoms with Crippen molar-refractivity contribution in [3.8, 4) is 0 Å². The maximum absolute atomic E-state index is 12.1. The third-order valence-electron chi connectivity index (χ3n) is 2.91. The summed E-state index contributed by atoms with van der Waals surface area (Å²) in [6.07, 6.45) is 0.429. The average Bonchev–Trinajstić information content (AvgIpc) is 2.47. The zero-order valence-corrected chi connectivity index (χ0v) is 10.9. The molecule has 2 aromatic rings. The predicted molar refractivity (Wildman–Crippen MR) is 76.8 cm³/mol. The second kappa shape index (κ2) is 6.52. The minimum absolute atomic E-state index is 0.0399. The Morgan fingerprint density at radius 2 is 1.60 bits per heavy atom. The molecule has 2 N–H and O–H groups in total. The number of carboxylic acids is 1. The maximum Gasteiger partial charge on any atom is 0.303 e. The van der Waals surface area contributed by atoms with Crippen molar-refractivity contribution >= 4 is 17.6 Å². The van der Waals surface area contributed by atoms with Gasteiger partial charge in [-0.1, -0.05) is 36.4 Å². The number of benzene rings is 2. The number of para-hydroxylation sites is 1. The molecular weight excluding hydrogens is 254 g/mol. The van der Waals surface area contributed by atoms with E-state index in [2.05, 4.69) is 5.32 Å². The number of carboxylic acid groups (broad SMARTS) is 1. The van der Waals surface area contributed by atoms with E-state index >= 15 is 0 Å². The Morgan fingerprint density at radius 3 is 2.30 bits per heavy atom. The van der Waals surface area contributed by atoms with E-state index in [0.29, 0.717) is 17.7 Å². The maximum atomic E-state index is 12.1. The molecule has 0 radical (unpaired) electrons. The first-order valence-electron chi connectivity index (χ1n) is 6.33. The second-order valence-electron chi connectivity index (χ2n) is 4.37. The van der Waals surface area contributed by atoms with Gasteiger partial charge in [0.05, 0.1) is 0 Å². The minimum Gasteiger partial charge on any atom is -0.481 e. The molecule has 0 heterocycles. The molecule has 0 saturated carbocycles. The van der Waals surface area contributed by atoms with Crippen LogP contribution in [-0.2, 0) is 11.2 Å². The summed E-state index contributed by atoms with van der Waals surface area (Å²) in [5, 5.41) is 11.6. The molecule has 4 nitrogen and oxygen atoms in total. The highest BCUT2D eigenvalue weighted by Crippen LogP contribution is 2.18. The van der Waals surface area contributed by atoms with Crippen molar-refractivity contribution in [3.63, 3.8) is 0 Å². The molecule has 0 bridgehead atoms. The summed E-state index contributed by atoms with van der Waals surface area (Å²) in [6, 6.07) is 16.1. The monoisotopic (exact) mass is 269 g/mol. The molecule has 0 aliphatic rings. The predicted octanol–water partition coefficient (Wildman–Crippen LogP) is 2.96. The fraction of sp³-hybridized carbons (Fsp3) is 0.125. The fourth-order valence-corrected chi connectivity index (χ4v) is 1.89. The molecule has 2 aromatic carbocycles. The lowest BCUT2D eigenvalue weighted by molar-refractivity contribution is -0.136. The SMILES string of the molecule is O=C(O)CCc1ccccc1NC(=O)c1ccccc1. The molecule has 20 heavy (non-hydrogen) atoms. The van der Waals surface area contributed by atoms with E-state index in [1.165, 1.54) is 0 Å². The van der Waals surface area contributed by atoms with Gasteiger partial charge in [0, 0.05) is 17.7 Å². The van der Waals surface area contributed by atoms with Crippen LogP contribution in [0.2, 0.25) is 0 Å². The Labute approximate surface area is 117 Å². The van der Waals surface area contributed by atoms with E-state index < -0.39 is 5.97 Å². The number of aliphatic carboxylic acids is 1. The van der Waals surface area contributed by atoms with Gasteiger partial charge < -0.3 is 10.4 Å². The Bertz CT molecular complexity index is 608. The van der Waals surface area contributed by atoms with E-state index in [4.69, 9.17) is 5.11 Å². The summed E-state index contributed by atoms with van der Waals surface area (Å²) in [4.78, 5) is 22.7. The number of hydrogen-bond acceptors (Lipinski definition) is 2. The zero-order chi connectivity index (χ0) is 14.4. The summed E-state index contributed by atoms with van der Waals surface area (Å²) in [7, 11) is 0. The van der Waals surface area contributed by atoms with Gasteiger partial charge in [0.1, 0.15) is 0 Å². The van der Waals surface area contributed by atoms with Crippen LogP contribution in [0.5, 0.6) is 0 Å². The van der Waals surface area contributed by atoms with Crippen LogP contribution in [0.25, 0.3) is 0 Å². The summed E-state index contributed by atoms with van der Waals surface area (Å²) < 4.78 is 0. The van der Waals surface area contributed by atoms with Gasteiger partial charge in [-0.2, -0.15) is 0 Å². The van der Waals surface area contributed by atoms with Crippen LogP contribution >= 0.6 is 0 Å². The summed E-state index contributed by atoms with van der Waals surface area (Å²) >= 11 is 0. The smallest absolute Gasteiger partial charge is 0.303 e. The number of amides is 1. The van der Waals surface area contributed by atoms with Crippen molar-refractivity contribution in [2.45, 2.75) is 12.8 Å². The molecule has 0 aliphatic heterocycles. The number of rotatable bonds is 5. The van der Waals surface area contributed by atoms with Gasteiger partial charge in [-0.3, -0.25) is 9.59 Å². The molecular formula is C16H15NO3. The lowest BCUT2D eigenvalue weighted by Crippen LogP contribution is -2.13. The van der Waals surface area contributed by atoms with Gasteiger partial charge in [0.2, 0.25) is 0 Å². The molecule has 0 fully saturated rings. The minimum atomic E-state index is -0.853. The first-order valence-corrected chi connectivity index (χ1v) is 6.33. The van der Waals surface area contributed by atoms with Crippen LogP contribution in [0.15, 0.2) is 54.6 Å². The Morgan fingerprint density at radius 1 is 0.950 bits per heavy atom. The van der Waals surface area contributed by atoms with E-state index in [1.807, 2.05) is 24.3 Å². The first-order chi connectivity index (χ1) is 9.66. The van der Waals surface area contributed by atoms with Gasteiger partial charge in [-0.15, -0.1) is 0 Å². The molecule has 0 spiro atoms. The highest BCUT2D eigenvalue weighted by atomic mass is 16.4. The first kappa shape index (κ1) is 13.8. The standard InChI is InChI=1S/C16H15NO3/c18-15(19)11-10-12-6-4-5-9-14(12)17-16(20)13-7-2-1-3-8-13/h1-9H,10-11H2,(H,17,20)(H,18,19). The largest absolute Gasteiger partial charge is 0.481 e. The van der Waals surface area contributed by atoms with Crippen molar-refractivity contribution in [1.82, 2.24) is 0 Å². The number of carbonyl (C=O) groups excluding carboxylic acids is 1. The topological polar surface area (TPSA) is 66.4 Å². The number of nitrogens with one attached hydrogen (secondary N) is 1.